The van der Waals surface area contributed by atoms with E-state index in [1.54, 1.807) is 31.2 Å². The zero-order valence-electron chi connectivity index (χ0n) is 18.0. The summed E-state index contributed by atoms with van der Waals surface area (Å²) < 4.78 is 6.92. The SMILES string of the molecule is CCOC(=O)c1ccc(NC(=O)CSc2nnc(-c3ccccc3)n2-c2ccccc2)cc1. The van der Waals surface area contributed by atoms with Crippen molar-refractivity contribution < 1.29 is 14.3 Å². The molecule has 8 heteroatoms. The second-order valence-corrected chi connectivity index (χ2v) is 7.92. The number of hydrogen-bond donors (Lipinski definition) is 1. The van der Waals surface area contributed by atoms with Crippen LogP contribution in [0.3, 0.4) is 0 Å². The van der Waals surface area contributed by atoms with E-state index in [2.05, 4.69) is 15.5 Å². The van der Waals surface area contributed by atoms with Crippen molar-refractivity contribution >= 4 is 29.3 Å². The molecule has 1 heterocycles. The largest absolute Gasteiger partial charge is 0.462 e. The van der Waals surface area contributed by atoms with Crippen LogP contribution in [-0.4, -0.2) is 39.0 Å². The van der Waals surface area contributed by atoms with Gasteiger partial charge in [0, 0.05) is 16.9 Å². The normalized spacial score (nSPS) is 10.6. The number of aromatic nitrogens is 3. The maximum absolute atomic E-state index is 12.6. The van der Waals surface area contributed by atoms with Gasteiger partial charge in [0.15, 0.2) is 11.0 Å². The highest BCUT2D eigenvalue weighted by molar-refractivity contribution is 7.99. The molecule has 0 bridgehead atoms. The lowest BCUT2D eigenvalue weighted by atomic mass is 10.2. The van der Waals surface area contributed by atoms with Gasteiger partial charge in [-0.2, -0.15) is 0 Å². The predicted octanol–water partition coefficient (Wildman–Crippen LogP) is 4.84. The summed E-state index contributed by atoms with van der Waals surface area (Å²) in [4.78, 5) is 24.3. The molecule has 4 rings (SSSR count). The molecule has 0 saturated carbocycles. The van der Waals surface area contributed by atoms with Crippen molar-refractivity contribution in [1.82, 2.24) is 14.8 Å². The van der Waals surface area contributed by atoms with E-state index >= 15 is 0 Å². The molecule has 4 aromatic rings. The van der Waals surface area contributed by atoms with E-state index in [4.69, 9.17) is 4.74 Å². The van der Waals surface area contributed by atoms with Crippen LogP contribution in [0.2, 0.25) is 0 Å². The van der Waals surface area contributed by atoms with Crippen molar-refractivity contribution in [2.45, 2.75) is 12.1 Å². The second-order valence-electron chi connectivity index (χ2n) is 6.98. The van der Waals surface area contributed by atoms with Crippen molar-refractivity contribution in [2.75, 3.05) is 17.7 Å². The minimum atomic E-state index is -0.389. The number of anilines is 1. The summed E-state index contributed by atoms with van der Waals surface area (Å²) in [6.07, 6.45) is 0. The average Bonchev–Trinajstić information content (AvgIpc) is 3.28. The molecular formula is C25H22N4O3S. The number of carbonyl (C=O) groups excluding carboxylic acids is 2. The molecule has 166 valence electrons. The van der Waals surface area contributed by atoms with Gasteiger partial charge < -0.3 is 10.1 Å². The van der Waals surface area contributed by atoms with Gasteiger partial charge in [0.2, 0.25) is 5.91 Å². The number of hydrogen-bond acceptors (Lipinski definition) is 6. The molecule has 3 aromatic carbocycles. The number of benzene rings is 3. The fourth-order valence-electron chi connectivity index (χ4n) is 3.18. The van der Waals surface area contributed by atoms with Crippen LogP contribution in [-0.2, 0) is 9.53 Å². The Morgan fingerprint density at radius 3 is 2.24 bits per heavy atom. The predicted molar refractivity (Wildman–Crippen MR) is 129 cm³/mol. The van der Waals surface area contributed by atoms with E-state index in [1.807, 2.05) is 65.2 Å². The highest BCUT2D eigenvalue weighted by Gasteiger charge is 2.17. The summed E-state index contributed by atoms with van der Waals surface area (Å²) in [6.45, 7) is 2.07. The molecule has 7 nitrogen and oxygen atoms in total. The summed E-state index contributed by atoms with van der Waals surface area (Å²) in [6, 6.07) is 26.2. The minimum absolute atomic E-state index is 0.152. The van der Waals surface area contributed by atoms with Gasteiger partial charge in [-0.15, -0.1) is 10.2 Å². The summed E-state index contributed by atoms with van der Waals surface area (Å²) in [5.41, 5.74) is 2.89. The van der Waals surface area contributed by atoms with Gasteiger partial charge in [0.05, 0.1) is 17.9 Å². The third kappa shape index (κ3) is 5.48. The number of thioether (sulfide) groups is 1. The van der Waals surface area contributed by atoms with Crippen LogP contribution in [0.25, 0.3) is 17.1 Å². The monoisotopic (exact) mass is 458 g/mol. The highest BCUT2D eigenvalue weighted by atomic mass is 32.2. The van der Waals surface area contributed by atoms with Gasteiger partial charge in [-0.05, 0) is 43.3 Å². The Labute approximate surface area is 195 Å². The Balaban J connectivity index is 1.48. The van der Waals surface area contributed by atoms with Gasteiger partial charge >= 0.3 is 5.97 Å². The maximum atomic E-state index is 12.6. The van der Waals surface area contributed by atoms with Gasteiger partial charge in [-0.1, -0.05) is 60.3 Å². The van der Waals surface area contributed by atoms with Crippen LogP contribution in [0.1, 0.15) is 17.3 Å². The van der Waals surface area contributed by atoms with Gasteiger partial charge in [0.1, 0.15) is 0 Å². The van der Waals surface area contributed by atoms with Crippen LogP contribution >= 0.6 is 11.8 Å². The van der Waals surface area contributed by atoms with Crippen LogP contribution in [0.5, 0.6) is 0 Å². The molecule has 0 saturated heterocycles. The Morgan fingerprint density at radius 2 is 1.58 bits per heavy atom. The molecule has 1 aromatic heterocycles. The van der Waals surface area contributed by atoms with Crippen molar-refractivity contribution in [3.05, 3.63) is 90.5 Å². The first-order valence-corrected chi connectivity index (χ1v) is 11.4. The Morgan fingerprint density at radius 1 is 0.909 bits per heavy atom. The van der Waals surface area contributed by atoms with Crippen molar-refractivity contribution in [2.24, 2.45) is 0 Å². The van der Waals surface area contributed by atoms with Crippen LogP contribution < -0.4 is 5.32 Å². The number of esters is 1. The number of amides is 1. The van der Waals surface area contributed by atoms with E-state index in [9.17, 15) is 9.59 Å². The third-order valence-corrected chi connectivity index (χ3v) is 5.62. The van der Waals surface area contributed by atoms with Crippen molar-refractivity contribution in [3.63, 3.8) is 0 Å². The molecule has 0 fully saturated rings. The molecule has 0 spiro atoms. The summed E-state index contributed by atoms with van der Waals surface area (Å²) in [5, 5.41) is 12.2. The minimum Gasteiger partial charge on any atom is -0.462 e. The Hall–Kier alpha value is -3.91. The van der Waals surface area contributed by atoms with E-state index in [1.165, 1.54) is 11.8 Å². The molecule has 0 unspecified atom stereocenters. The second kappa shape index (κ2) is 10.6. The van der Waals surface area contributed by atoms with Gasteiger partial charge in [-0.3, -0.25) is 9.36 Å². The molecular weight excluding hydrogens is 436 g/mol. The van der Waals surface area contributed by atoms with E-state index < -0.39 is 0 Å². The van der Waals surface area contributed by atoms with Crippen LogP contribution in [0, 0.1) is 0 Å². The third-order valence-electron chi connectivity index (χ3n) is 4.69. The number of para-hydroxylation sites is 1. The van der Waals surface area contributed by atoms with Crippen molar-refractivity contribution in [3.8, 4) is 17.1 Å². The first-order valence-electron chi connectivity index (χ1n) is 10.4. The molecule has 1 amide bonds. The lowest BCUT2D eigenvalue weighted by Crippen LogP contribution is -2.15. The first kappa shape index (κ1) is 22.3. The van der Waals surface area contributed by atoms with E-state index in [0.717, 1.165) is 11.3 Å². The number of nitrogens with one attached hydrogen (secondary N) is 1. The van der Waals surface area contributed by atoms with E-state index in [-0.39, 0.29) is 17.6 Å². The molecule has 0 atom stereocenters. The fourth-order valence-corrected chi connectivity index (χ4v) is 3.93. The van der Waals surface area contributed by atoms with E-state index in [0.29, 0.717) is 28.8 Å². The average molecular weight is 459 g/mol. The van der Waals surface area contributed by atoms with Crippen LogP contribution in [0.15, 0.2) is 90.1 Å². The van der Waals surface area contributed by atoms with Crippen molar-refractivity contribution in [1.29, 1.82) is 0 Å². The Kier molecular flexibility index (Phi) is 7.16. The zero-order chi connectivity index (χ0) is 23.0. The summed E-state index contributed by atoms with van der Waals surface area (Å²) >= 11 is 1.30. The molecule has 0 aliphatic rings. The van der Waals surface area contributed by atoms with Gasteiger partial charge in [0.25, 0.3) is 0 Å². The highest BCUT2D eigenvalue weighted by Crippen LogP contribution is 2.28. The molecule has 0 aliphatic carbocycles. The van der Waals surface area contributed by atoms with Gasteiger partial charge in [-0.25, -0.2) is 4.79 Å². The molecule has 0 aliphatic heterocycles. The first-order chi connectivity index (χ1) is 16.2. The number of ether oxygens (including phenoxy) is 1. The Bertz CT molecular complexity index is 1230. The lowest BCUT2D eigenvalue weighted by molar-refractivity contribution is -0.113. The summed E-state index contributed by atoms with van der Waals surface area (Å²) in [5.74, 6) is 0.284. The lowest BCUT2D eigenvalue weighted by Gasteiger charge is -2.10. The van der Waals surface area contributed by atoms with Crippen LogP contribution in [0.4, 0.5) is 5.69 Å². The number of rotatable bonds is 8. The number of nitrogens with zero attached hydrogens (tertiary/aromatic N) is 3. The summed E-state index contributed by atoms with van der Waals surface area (Å²) in [7, 11) is 0. The quantitative estimate of drug-likeness (QED) is 0.300. The topological polar surface area (TPSA) is 86.1 Å². The maximum Gasteiger partial charge on any atom is 0.338 e. The molecule has 33 heavy (non-hydrogen) atoms. The smallest absolute Gasteiger partial charge is 0.338 e. The molecule has 1 N–H and O–H groups in total. The zero-order valence-corrected chi connectivity index (χ0v) is 18.8. The fraction of sp³-hybridized carbons (Fsp3) is 0.120. The number of carbonyl (C=O) groups is 2. The standard InChI is InChI=1S/C25H22N4O3S/c1-2-32-24(31)19-13-15-20(16-14-19)26-22(30)17-33-25-28-27-23(18-9-5-3-6-10-18)29(25)21-11-7-4-8-12-21/h3-16H,2,17H2,1H3,(H,26,30). The molecule has 0 radical (unpaired) electrons.